The molecule has 3 aromatic rings. The number of fused-ring (bicyclic) bond motifs is 1. The lowest BCUT2D eigenvalue weighted by Crippen LogP contribution is -2.36. The minimum Gasteiger partial charge on any atom is -0.467 e. The maximum absolute atomic E-state index is 12.3. The number of aryl methyl sites for hydroxylation is 2. The first kappa shape index (κ1) is 18.6. The van der Waals surface area contributed by atoms with Crippen LogP contribution in [0.15, 0.2) is 41.0 Å². The molecule has 2 aromatic heterocycles. The van der Waals surface area contributed by atoms with Crippen LogP contribution in [-0.2, 0) is 24.2 Å². The first-order chi connectivity index (χ1) is 13.1. The number of nitrogens with zero attached hydrogens (tertiary/aromatic N) is 2. The summed E-state index contributed by atoms with van der Waals surface area (Å²) in [4.78, 5) is 33.4. The van der Waals surface area contributed by atoms with Crippen molar-refractivity contribution in [2.24, 2.45) is 0 Å². The van der Waals surface area contributed by atoms with Crippen LogP contribution in [0.5, 0.6) is 0 Å². The fraction of sp³-hybridized carbons (Fsp3) is 0.300. The monoisotopic (exact) mass is 366 g/mol. The molecule has 3 rings (SSSR count). The van der Waals surface area contributed by atoms with Gasteiger partial charge >= 0.3 is 0 Å². The molecule has 0 atom stereocenters. The molecule has 2 N–H and O–H groups in total. The number of nitrogens with one attached hydrogen (secondary N) is 2. The molecule has 0 unspecified atom stereocenters. The quantitative estimate of drug-likeness (QED) is 0.669. The average molecular weight is 366 g/mol. The van der Waals surface area contributed by atoms with Crippen LogP contribution in [0.4, 0.5) is 0 Å². The summed E-state index contributed by atoms with van der Waals surface area (Å²) in [6.45, 7) is 4.26. The zero-order valence-electron chi connectivity index (χ0n) is 15.4. The third kappa shape index (κ3) is 4.49. The summed E-state index contributed by atoms with van der Waals surface area (Å²) in [7, 11) is 0. The Hall–Kier alpha value is -3.22. The van der Waals surface area contributed by atoms with Gasteiger partial charge < -0.3 is 15.1 Å². The summed E-state index contributed by atoms with van der Waals surface area (Å²) in [6, 6.07) is 8.70. The van der Waals surface area contributed by atoms with Gasteiger partial charge in [-0.25, -0.2) is 9.97 Å². The molecule has 0 fully saturated rings. The highest BCUT2D eigenvalue weighted by molar-refractivity contribution is 5.98. The Kier molecular flexibility index (Phi) is 5.80. The predicted octanol–water partition coefficient (Wildman–Crippen LogP) is 2.39. The van der Waals surface area contributed by atoms with Gasteiger partial charge in [0.1, 0.15) is 5.76 Å². The van der Waals surface area contributed by atoms with Gasteiger partial charge in [-0.05, 0) is 43.2 Å². The highest BCUT2D eigenvalue weighted by atomic mass is 16.3. The van der Waals surface area contributed by atoms with E-state index in [1.54, 1.807) is 36.6 Å². The van der Waals surface area contributed by atoms with Crippen molar-refractivity contribution in [3.63, 3.8) is 0 Å². The molecule has 27 heavy (non-hydrogen) atoms. The van der Waals surface area contributed by atoms with E-state index in [2.05, 4.69) is 20.6 Å². The lowest BCUT2D eigenvalue weighted by atomic mass is 10.1. The van der Waals surface area contributed by atoms with Crippen LogP contribution in [-0.4, -0.2) is 28.3 Å². The van der Waals surface area contributed by atoms with Crippen LogP contribution >= 0.6 is 0 Å². The molecule has 0 aliphatic rings. The first-order valence-corrected chi connectivity index (χ1v) is 8.97. The second kappa shape index (κ2) is 8.44. The first-order valence-electron chi connectivity index (χ1n) is 8.97. The fourth-order valence-electron chi connectivity index (χ4n) is 2.76. The lowest BCUT2D eigenvalue weighted by Gasteiger charge is -2.09. The third-order valence-electron chi connectivity index (χ3n) is 4.20. The summed E-state index contributed by atoms with van der Waals surface area (Å²) in [5.41, 5.74) is 3.81. The van der Waals surface area contributed by atoms with Crippen molar-refractivity contribution in [3.8, 4) is 0 Å². The van der Waals surface area contributed by atoms with Gasteiger partial charge in [-0.3, -0.25) is 9.59 Å². The summed E-state index contributed by atoms with van der Waals surface area (Å²) in [6.07, 6.45) is 3.15. The van der Waals surface area contributed by atoms with Crippen molar-refractivity contribution in [1.82, 2.24) is 20.6 Å². The van der Waals surface area contributed by atoms with E-state index in [0.29, 0.717) is 16.8 Å². The SMILES string of the molecule is CCc1nc2ccc(C(=O)NCC(=O)NCc3ccco3)cc2nc1CC. The smallest absolute Gasteiger partial charge is 0.251 e. The molecule has 1 aromatic carbocycles. The molecule has 0 aliphatic carbocycles. The minimum absolute atomic E-state index is 0.113. The number of rotatable bonds is 7. The van der Waals surface area contributed by atoms with Crippen LogP contribution in [0.25, 0.3) is 11.0 Å². The zero-order valence-corrected chi connectivity index (χ0v) is 15.4. The number of furan rings is 1. The van der Waals surface area contributed by atoms with E-state index in [4.69, 9.17) is 4.42 Å². The van der Waals surface area contributed by atoms with E-state index < -0.39 is 0 Å². The van der Waals surface area contributed by atoms with Gasteiger partial charge in [0, 0.05) is 5.56 Å². The minimum atomic E-state index is -0.329. The lowest BCUT2D eigenvalue weighted by molar-refractivity contribution is -0.120. The highest BCUT2D eigenvalue weighted by Crippen LogP contribution is 2.16. The second-order valence-electron chi connectivity index (χ2n) is 6.07. The maximum Gasteiger partial charge on any atom is 0.251 e. The number of hydrogen-bond acceptors (Lipinski definition) is 5. The van der Waals surface area contributed by atoms with E-state index in [-0.39, 0.29) is 24.9 Å². The van der Waals surface area contributed by atoms with Crippen LogP contribution < -0.4 is 10.6 Å². The molecule has 7 nitrogen and oxygen atoms in total. The third-order valence-corrected chi connectivity index (χ3v) is 4.20. The van der Waals surface area contributed by atoms with Crippen LogP contribution in [0.2, 0.25) is 0 Å². The molecular weight excluding hydrogens is 344 g/mol. The van der Waals surface area contributed by atoms with Crippen molar-refractivity contribution in [2.75, 3.05) is 6.54 Å². The number of aromatic nitrogens is 2. The predicted molar refractivity (Wildman–Crippen MR) is 101 cm³/mol. The van der Waals surface area contributed by atoms with Crippen molar-refractivity contribution in [1.29, 1.82) is 0 Å². The Bertz CT molecular complexity index is 951. The number of carbonyl (C=O) groups is 2. The van der Waals surface area contributed by atoms with Gasteiger partial charge in [-0.1, -0.05) is 13.8 Å². The molecule has 140 valence electrons. The number of amides is 2. The van der Waals surface area contributed by atoms with E-state index in [1.165, 1.54) is 0 Å². The van der Waals surface area contributed by atoms with Crippen LogP contribution in [0, 0.1) is 0 Å². The standard InChI is InChI=1S/C20H22N4O3/c1-3-15-16(4-2)24-18-10-13(7-8-17(18)23-15)20(26)22-12-19(25)21-11-14-6-5-9-27-14/h5-10H,3-4,11-12H2,1-2H3,(H,21,25)(H,22,26). The van der Waals surface area contributed by atoms with Gasteiger partial charge in [-0.2, -0.15) is 0 Å². The summed E-state index contributed by atoms with van der Waals surface area (Å²) >= 11 is 0. The molecule has 0 saturated carbocycles. The number of carbonyl (C=O) groups excluding carboxylic acids is 2. The highest BCUT2D eigenvalue weighted by Gasteiger charge is 2.11. The molecule has 0 bridgehead atoms. The zero-order chi connectivity index (χ0) is 19.2. The Morgan fingerprint density at radius 3 is 2.41 bits per heavy atom. The van der Waals surface area contributed by atoms with E-state index in [1.807, 2.05) is 13.8 Å². The molecule has 0 spiro atoms. The van der Waals surface area contributed by atoms with Gasteiger partial charge in [-0.15, -0.1) is 0 Å². The Labute approximate surface area is 157 Å². The fourth-order valence-corrected chi connectivity index (χ4v) is 2.76. The van der Waals surface area contributed by atoms with Gasteiger partial charge in [0.2, 0.25) is 5.91 Å². The van der Waals surface area contributed by atoms with Gasteiger partial charge in [0.05, 0.1) is 41.8 Å². The summed E-state index contributed by atoms with van der Waals surface area (Å²) in [5, 5.41) is 5.29. The van der Waals surface area contributed by atoms with Crippen molar-refractivity contribution in [2.45, 2.75) is 33.2 Å². The maximum atomic E-state index is 12.3. The Morgan fingerprint density at radius 1 is 1.00 bits per heavy atom. The number of hydrogen-bond donors (Lipinski definition) is 2. The molecule has 0 radical (unpaired) electrons. The largest absolute Gasteiger partial charge is 0.467 e. The van der Waals surface area contributed by atoms with E-state index in [9.17, 15) is 9.59 Å². The Balaban J connectivity index is 1.63. The molecule has 0 aliphatic heterocycles. The van der Waals surface area contributed by atoms with Gasteiger partial charge in [0.15, 0.2) is 0 Å². The number of benzene rings is 1. The molecule has 2 heterocycles. The van der Waals surface area contributed by atoms with Crippen molar-refractivity contribution < 1.29 is 14.0 Å². The van der Waals surface area contributed by atoms with E-state index >= 15 is 0 Å². The molecule has 0 saturated heterocycles. The topological polar surface area (TPSA) is 97.1 Å². The average Bonchev–Trinajstić information content (AvgIpc) is 3.22. The Morgan fingerprint density at radius 2 is 1.74 bits per heavy atom. The molecule has 7 heteroatoms. The van der Waals surface area contributed by atoms with Crippen LogP contribution in [0.1, 0.15) is 41.4 Å². The summed E-state index contributed by atoms with van der Waals surface area (Å²) in [5.74, 6) is 0.0339. The van der Waals surface area contributed by atoms with Gasteiger partial charge in [0.25, 0.3) is 5.91 Å². The van der Waals surface area contributed by atoms with E-state index in [0.717, 1.165) is 29.7 Å². The molecular formula is C20H22N4O3. The second-order valence-corrected chi connectivity index (χ2v) is 6.07. The normalized spacial score (nSPS) is 10.7. The van der Waals surface area contributed by atoms with Crippen LogP contribution in [0.3, 0.4) is 0 Å². The van der Waals surface area contributed by atoms with Crippen molar-refractivity contribution in [3.05, 3.63) is 59.3 Å². The van der Waals surface area contributed by atoms with Crippen molar-refractivity contribution >= 4 is 22.8 Å². The molecule has 2 amide bonds. The summed E-state index contributed by atoms with van der Waals surface area (Å²) < 4.78 is 5.14.